The summed E-state index contributed by atoms with van der Waals surface area (Å²) in [7, 11) is 0. The molecule has 0 aromatic heterocycles. The van der Waals surface area contributed by atoms with Crippen molar-refractivity contribution in [1.82, 2.24) is 0 Å². The van der Waals surface area contributed by atoms with Gasteiger partial charge < -0.3 is 5.32 Å². The number of aryl methyl sites for hydroxylation is 1. The summed E-state index contributed by atoms with van der Waals surface area (Å²) in [6.07, 6.45) is 2.32. The topological polar surface area (TPSA) is 12.0 Å². The molecule has 0 aliphatic carbocycles. The van der Waals surface area contributed by atoms with Crippen molar-refractivity contribution >= 4 is 33.2 Å². The van der Waals surface area contributed by atoms with Crippen molar-refractivity contribution in [2.45, 2.75) is 26.3 Å². The summed E-state index contributed by atoms with van der Waals surface area (Å²) < 4.78 is 1.08. The van der Waals surface area contributed by atoms with Crippen molar-refractivity contribution in [1.29, 1.82) is 0 Å². The van der Waals surface area contributed by atoms with Gasteiger partial charge in [0.25, 0.3) is 0 Å². The van der Waals surface area contributed by atoms with Crippen molar-refractivity contribution in [3.05, 3.63) is 63.1 Å². The molecule has 0 fully saturated rings. The highest BCUT2D eigenvalue weighted by Gasteiger charge is 2.01. The van der Waals surface area contributed by atoms with Crippen LogP contribution >= 0.6 is 27.5 Å². The third kappa shape index (κ3) is 4.26. The van der Waals surface area contributed by atoms with Crippen LogP contribution in [0.4, 0.5) is 5.69 Å². The molecule has 0 spiro atoms. The molecule has 3 heteroatoms. The molecule has 0 aliphatic heterocycles. The van der Waals surface area contributed by atoms with Crippen molar-refractivity contribution in [2.24, 2.45) is 0 Å². The first-order valence-electron chi connectivity index (χ1n) is 6.46. The van der Waals surface area contributed by atoms with Crippen LogP contribution in [0, 0.1) is 0 Å². The van der Waals surface area contributed by atoms with Crippen LogP contribution in [0.3, 0.4) is 0 Å². The van der Waals surface area contributed by atoms with E-state index < -0.39 is 0 Å². The van der Waals surface area contributed by atoms with E-state index in [-0.39, 0.29) is 0 Å². The summed E-state index contributed by atoms with van der Waals surface area (Å²) in [6, 6.07) is 14.5. The van der Waals surface area contributed by atoms with Gasteiger partial charge in [-0.1, -0.05) is 53.0 Å². The highest BCUT2D eigenvalue weighted by atomic mass is 79.9. The Labute approximate surface area is 128 Å². The van der Waals surface area contributed by atoms with E-state index in [1.165, 1.54) is 12.0 Å². The van der Waals surface area contributed by atoms with E-state index in [0.717, 1.165) is 33.7 Å². The lowest BCUT2D eigenvalue weighted by Gasteiger charge is -2.09. The van der Waals surface area contributed by atoms with Gasteiger partial charge in [0.05, 0.1) is 0 Å². The summed E-state index contributed by atoms with van der Waals surface area (Å²) in [5.74, 6) is 0. The van der Waals surface area contributed by atoms with E-state index in [2.05, 4.69) is 52.4 Å². The van der Waals surface area contributed by atoms with Gasteiger partial charge in [0, 0.05) is 21.7 Å². The summed E-state index contributed by atoms with van der Waals surface area (Å²) >= 11 is 9.54. The Morgan fingerprint density at radius 2 is 1.84 bits per heavy atom. The Morgan fingerprint density at radius 1 is 1.11 bits per heavy atom. The quantitative estimate of drug-likeness (QED) is 0.741. The highest BCUT2D eigenvalue weighted by molar-refractivity contribution is 9.10. The predicted molar refractivity (Wildman–Crippen MR) is 86.9 cm³/mol. The molecule has 2 aromatic carbocycles. The fraction of sp³-hybridized carbons (Fsp3) is 0.250. The van der Waals surface area contributed by atoms with Crippen LogP contribution < -0.4 is 5.32 Å². The number of hydrogen-bond donors (Lipinski definition) is 1. The zero-order valence-electron chi connectivity index (χ0n) is 10.9. The predicted octanol–water partition coefficient (Wildman–Crippen LogP) is 5.67. The van der Waals surface area contributed by atoms with Gasteiger partial charge in [-0.3, -0.25) is 0 Å². The summed E-state index contributed by atoms with van der Waals surface area (Å²) in [5, 5.41) is 4.17. The van der Waals surface area contributed by atoms with Gasteiger partial charge in [0.15, 0.2) is 0 Å². The van der Waals surface area contributed by atoms with E-state index in [1.54, 1.807) is 0 Å². The van der Waals surface area contributed by atoms with Crippen LogP contribution in [-0.4, -0.2) is 0 Å². The monoisotopic (exact) mass is 337 g/mol. The number of benzene rings is 2. The van der Waals surface area contributed by atoms with E-state index >= 15 is 0 Å². The molecule has 100 valence electrons. The maximum absolute atomic E-state index is 6.01. The molecule has 1 nitrogen and oxygen atoms in total. The second kappa shape index (κ2) is 6.97. The summed E-state index contributed by atoms with van der Waals surface area (Å²) in [4.78, 5) is 0. The minimum absolute atomic E-state index is 0.758. The van der Waals surface area contributed by atoms with Gasteiger partial charge in [-0.05, 0) is 47.9 Å². The van der Waals surface area contributed by atoms with Gasteiger partial charge >= 0.3 is 0 Å². The Balaban J connectivity index is 2.00. The second-order valence-electron chi connectivity index (χ2n) is 4.54. The van der Waals surface area contributed by atoms with Crippen molar-refractivity contribution in [3.63, 3.8) is 0 Å². The smallest absolute Gasteiger partial charge is 0.0412 e. The molecule has 0 unspecified atom stereocenters. The zero-order chi connectivity index (χ0) is 13.7. The fourth-order valence-corrected chi connectivity index (χ4v) is 2.54. The van der Waals surface area contributed by atoms with Crippen LogP contribution in [-0.2, 0) is 13.0 Å². The van der Waals surface area contributed by atoms with Crippen LogP contribution in [0.2, 0.25) is 5.02 Å². The lowest BCUT2D eigenvalue weighted by Crippen LogP contribution is -2.00. The molecule has 0 saturated heterocycles. The highest BCUT2D eigenvalue weighted by Crippen LogP contribution is 2.22. The average molecular weight is 339 g/mol. The molecular weight excluding hydrogens is 322 g/mol. The lowest BCUT2D eigenvalue weighted by molar-refractivity contribution is 0.922. The fourth-order valence-electron chi connectivity index (χ4n) is 1.95. The average Bonchev–Trinajstić information content (AvgIpc) is 2.42. The number of nitrogens with one attached hydrogen (secondary N) is 1. The maximum atomic E-state index is 6.01. The molecule has 0 saturated carbocycles. The van der Waals surface area contributed by atoms with Gasteiger partial charge in [-0.2, -0.15) is 0 Å². The van der Waals surface area contributed by atoms with Crippen LogP contribution in [0.5, 0.6) is 0 Å². The van der Waals surface area contributed by atoms with Crippen molar-refractivity contribution in [3.8, 4) is 0 Å². The Morgan fingerprint density at radius 3 is 2.53 bits per heavy atom. The molecule has 1 N–H and O–H groups in total. The third-order valence-electron chi connectivity index (χ3n) is 2.98. The molecule has 2 rings (SSSR count). The SMILES string of the molecule is CCCc1ccc(NCc2cc(Cl)ccc2Br)cc1. The van der Waals surface area contributed by atoms with Crippen LogP contribution in [0.1, 0.15) is 24.5 Å². The Hall–Kier alpha value is -0.990. The first kappa shape index (κ1) is 14.4. The number of hydrogen-bond acceptors (Lipinski definition) is 1. The van der Waals surface area contributed by atoms with Gasteiger partial charge in [-0.25, -0.2) is 0 Å². The van der Waals surface area contributed by atoms with E-state index in [1.807, 2.05) is 18.2 Å². The van der Waals surface area contributed by atoms with Gasteiger partial charge in [0.2, 0.25) is 0 Å². The molecule has 0 amide bonds. The minimum Gasteiger partial charge on any atom is -0.381 e. The zero-order valence-corrected chi connectivity index (χ0v) is 13.3. The maximum Gasteiger partial charge on any atom is 0.0412 e. The van der Waals surface area contributed by atoms with E-state index in [9.17, 15) is 0 Å². The summed E-state index contributed by atoms with van der Waals surface area (Å²) in [5.41, 5.74) is 3.67. The van der Waals surface area contributed by atoms with Crippen LogP contribution in [0.15, 0.2) is 46.9 Å². The Kier molecular flexibility index (Phi) is 5.29. The van der Waals surface area contributed by atoms with Crippen molar-refractivity contribution < 1.29 is 0 Å². The van der Waals surface area contributed by atoms with Gasteiger partial charge in [0.1, 0.15) is 0 Å². The first-order valence-corrected chi connectivity index (χ1v) is 7.63. The largest absolute Gasteiger partial charge is 0.381 e. The van der Waals surface area contributed by atoms with Gasteiger partial charge in [-0.15, -0.1) is 0 Å². The molecule has 0 radical (unpaired) electrons. The minimum atomic E-state index is 0.758. The molecule has 19 heavy (non-hydrogen) atoms. The van der Waals surface area contributed by atoms with E-state index in [0.29, 0.717) is 0 Å². The third-order valence-corrected chi connectivity index (χ3v) is 3.99. The lowest BCUT2D eigenvalue weighted by atomic mass is 10.1. The molecular formula is C16H17BrClN. The van der Waals surface area contributed by atoms with E-state index in [4.69, 9.17) is 11.6 Å². The second-order valence-corrected chi connectivity index (χ2v) is 5.83. The standard InChI is InChI=1S/C16H17BrClN/c1-2-3-12-4-7-15(8-5-12)19-11-13-10-14(18)6-9-16(13)17/h4-10,19H,2-3,11H2,1H3. The summed E-state index contributed by atoms with van der Waals surface area (Å²) in [6.45, 7) is 2.96. The first-order chi connectivity index (χ1) is 9.19. The number of halogens is 2. The Bertz CT molecular complexity index is 537. The van der Waals surface area contributed by atoms with Crippen LogP contribution in [0.25, 0.3) is 0 Å². The molecule has 0 aliphatic rings. The van der Waals surface area contributed by atoms with Crippen molar-refractivity contribution in [2.75, 3.05) is 5.32 Å². The molecule has 0 heterocycles. The number of anilines is 1. The molecule has 0 atom stereocenters. The molecule has 2 aromatic rings. The number of rotatable bonds is 5. The molecule has 0 bridgehead atoms. The normalized spacial score (nSPS) is 10.5.